The topological polar surface area (TPSA) is 47.6 Å². The summed E-state index contributed by atoms with van der Waals surface area (Å²) in [4.78, 5) is 10.1. The Morgan fingerprint density at radius 2 is 2.70 bits per heavy atom. The van der Waals surface area contributed by atoms with Crippen LogP contribution >= 0.6 is 0 Å². The fraction of sp³-hybridized carbons (Fsp3) is 0.833. The molecule has 0 aromatic carbocycles. The van der Waals surface area contributed by atoms with Gasteiger partial charge in [-0.05, 0) is 0 Å². The average molecular weight is 145 g/mol. The number of ether oxygens (including phenoxy) is 2. The van der Waals surface area contributed by atoms with Gasteiger partial charge in [0.2, 0.25) is 0 Å². The highest BCUT2D eigenvalue weighted by Gasteiger charge is 2.22. The van der Waals surface area contributed by atoms with Crippen molar-refractivity contribution in [3.8, 4) is 0 Å². The van der Waals surface area contributed by atoms with Gasteiger partial charge in [0.05, 0.1) is 19.3 Å². The van der Waals surface area contributed by atoms with Crippen LogP contribution in [0.25, 0.3) is 0 Å². The van der Waals surface area contributed by atoms with Crippen LogP contribution in [-0.2, 0) is 14.3 Å². The number of hydrogen-bond acceptors (Lipinski definition) is 4. The van der Waals surface area contributed by atoms with E-state index in [0.29, 0.717) is 13.2 Å². The Morgan fingerprint density at radius 1 is 1.90 bits per heavy atom. The second kappa shape index (κ2) is 3.65. The van der Waals surface area contributed by atoms with Crippen LogP contribution in [0.4, 0.5) is 0 Å². The molecule has 0 saturated carbocycles. The fourth-order valence-electron chi connectivity index (χ4n) is 0.924. The van der Waals surface area contributed by atoms with Crippen LogP contribution in [-0.4, -0.2) is 38.9 Å². The molecule has 0 aliphatic carbocycles. The lowest BCUT2D eigenvalue weighted by Gasteiger charge is -2.05. The van der Waals surface area contributed by atoms with Crippen molar-refractivity contribution < 1.29 is 14.3 Å². The summed E-state index contributed by atoms with van der Waals surface area (Å²) >= 11 is 0. The van der Waals surface area contributed by atoms with Crippen molar-refractivity contribution in [1.82, 2.24) is 5.32 Å². The number of carbonyl (C=O) groups excluding carboxylic acids is 1. The van der Waals surface area contributed by atoms with Crippen molar-refractivity contribution in [2.24, 2.45) is 0 Å². The summed E-state index contributed by atoms with van der Waals surface area (Å²) in [6, 6.07) is 0.167. The van der Waals surface area contributed by atoms with Gasteiger partial charge in [-0.1, -0.05) is 0 Å². The first-order valence-corrected chi connectivity index (χ1v) is 3.18. The zero-order chi connectivity index (χ0) is 7.40. The van der Waals surface area contributed by atoms with Gasteiger partial charge in [-0.2, -0.15) is 0 Å². The molecule has 0 aromatic rings. The van der Waals surface area contributed by atoms with E-state index < -0.39 is 6.23 Å². The maximum Gasteiger partial charge on any atom is 0.165 e. The summed E-state index contributed by atoms with van der Waals surface area (Å²) in [7, 11) is 1.62. The third-order valence-electron chi connectivity index (χ3n) is 1.37. The third kappa shape index (κ3) is 1.76. The molecule has 1 fully saturated rings. The second-order valence-electron chi connectivity index (χ2n) is 2.21. The molecule has 0 radical (unpaired) electrons. The molecule has 0 amide bonds. The summed E-state index contributed by atoms with van der Waals surface area (Å²) in [5, 5.41) is 2.93. The van der Waals surface area contributed by atoms with Crippen LogP contribution in [0.2, 0.25) is 0 Å². The molecule has 0 spiro atoms. The van der Waals surface area contributed by atoms with Crippen LogP contribution in [0.1, 0.15) is 0 Å². The number of methoxy groups -OCH3 is 1. The standard InChI is InChI=1S/C6H11NO3/c1-9-3-5-4-10-6(2-8)7-5/h2,5-7H,3-4H2,1H3/t5-,6?/m0/s1. The van der Waals surface area contributed by atoms with Gasteiger partial charge in [-0.3, -0.25) is 10.1 Å². The summed E-state index contributed by atoms with van der Waals surface area (Å²) in [5.41, 5.74) is 0. The van der Waals surface area contributed by atoms with Gasteiger partial charge in [0, 0.05) is 7.11 Å². The van der Waals surface area contributed by atoms with Crippen molar-refractivity contribution in [3.05, 3.63) is 0 Å². The molecule has 1 saturated heterocycles. The van der Waals surface area contributed by atoms with Crippen LogP contribution in [0.15, 0.2) is 0 Å². The minimum absolute atomic E-state index is 0.167. The van der Waals surface area contributed by atoms with Crippen molar-refractivity contribution in [1.29, 1.82) is 0 Å². The lowest BCUT2D eigenvalue weighted by atomic mass is 10.3. The van der Waals surface area contributed by atoms with Gasteiger partial charge in [-0.25, -0.2) is 0 Å². The molecule has 1 aliphatic heterocycles. The highest BCUT2D eigenvalue weighted by molar-refractivity contribution is 5.55. The van der Waals surface area contributed by atoms with Crippen LogP contribution < -0.4 is 5.32 Å². The van der Waals surface area contributed by atoms with E-state index in [0.717, 1.165) is 6.29 Å². The van der Waals surface area contributed by atoms with Gasteiger partial charge in [-0.15, -0.1) is 0 Å². The lowest BCUT2D eigenvalue weighted by molar-refractivity contribution is -0.116. The minimum Gasteiger partial charge on any atom is -0.383 e. The Bertz CT molecular complexity index is 118. The van der Waals surface area contributed by atoms with Gasteiger partial charge < -0.3 is 9.47 Å². The monoisotopic (exact) mass is 145 g/mol. The van der Waals surface area contributed by atoms with E-state index in [4.69, 9.17) is 9.47 Å². The largest absolute Gasteiger partial charge is 0.383 e. The second-order valence-corrected chi connectivity index (χ2v) is 2.21. The molecule has 4 heteroatoms. The molecular formula is C6H11NO3. The summed E-state index contributed by atoms with van der Waals surface area (Å²) < 4.78 is 9.87. The molecule has 1 N–H and O–H groups in total. The molecule has 0 bridgehead atoms. The molecule has 4 nitrogen and oxygen atoms in total. The predicted molar refractivity (Wildman–Crippen MR) is 34.6 cm³/mol. The van der Waals surface area contributed by atoms with E-state index >= 15 is 0 Å². The zero-order valence-corrected chi connectivity index (χ0v) is 5.87. The van der Waals surface area contributed by atoms with E-state index in [-0.39, 0.29) is 6.04 Å². The van der Waals surface area contributed by atoms with E-state index in [9.17, 15) is 4.79 Å². The lowest BCUT2D eigenvalue weighted by Crippen LogP contribution is -2.34. The molecule has 1 heterocycles. The number of hydrogen-bond donors (Lipinski definition) is 1. The molecular weight excluding hydrogens is 134 g/mol. The highest BCUT2D eigenvalue weighted by Crippen LogP contribution is 2.00. The molecule has 1 unspecified atom stereocenters. The fourth-order valence-corrected chi connectivity index (χ4v) is 0.924. The maximum atomic E-state index is 10.1. The minimum atomic E-state index is -0.430. The van der Waals surface area contributed by atoms with E-state index in [1.165, 1.54) is 0 Å². The van der Waals surface area contributed by atoms with Crippen LogP contribution in [0.5, 0.6) is 0 Å². The Labute approximate surface area is 59.5 Å². The van der Waals surface area contributed by atoms with Gasteiger partial charge >= 0.3 is 0 Å². The first-order chi connectivity index (χ1) is 4.86. The summed E-state index contributed by atoms with van der Waals surface area (Å²) in [6.07, 6.45) is 0.315. The van der Waals surface area contributed by atoms with E-state index in [1.807, 2.05) is 0 Å². The molecule has 58 valence electrons. The van der Waals surface area contributed by atoms with Gasteiger partial charge in [0.1, 0.15) is 0 Å². The zero-order valence-electron chi connectivity index (χ0n) is 5.87. The van der Waals surface area contributed by atoms with Crippen molar-refractivity contribution in [2.45, 2.75) is 12.3 Å². The number of nitrogens with one attached hydrogen (secondary N) is 1. The third-order valence-corrected chi connectivity index (χ3v) is 1.37. The summed E-state index contributed by atoms with van der Waals surface area (Å²) in [5.74, 6) is 0. The Hall–Kier alpha value is -0.450. The first-order valence-electron chi connectivity index (χ1n) is 3.18. The average Bonchev–Trinajstić information content (AvgIpc) is 2.37. The Kier molecular flexibility index (Phi) is 2.80. The van der Waals surface area contributed by atoms with Crippen LogP contribution in [0.3, 0.4) is 0 Å². The van der Waals surface area contributed by atoms with Crippen LogP contribution in [0, 0.1) is 0 Å². The number of rotatable bonds is 3. The molecule has 0 aromatic heterocycles. The number of aldehydes is 1. The Balaban J connectivity index is 2.21. The smallest absolute Gasteiger partial charge is 0.165 e. The Morgan fingerprint density at radius 3 is 3.20 bits per heavy atom. The van der Waals surface area contributed by atoms with Crippen molar-refractivity contribution >= 4 is 6.29 Å². The normalized spacial score (nSPS) is 32.5. The SMILES string of the molecule is COC[C@H]1COC(C=O)N1. The van der Waals surface area contributed by atoms with Crippen molar-refractivity contribution in [2.75, 3.05) is 20.3 Å². The predicted octanol–water partition coefficient (Wildman–Crippen LogP) is -0.854. The number of carbonyl (C=O) groups is 1. The molecule has 1 rings (SSSR count). The van der Waals surface area contributed by atoms with Gasteiger partial charge in [0.25, 0.3) is 0 Å². The van der Waals surface area contributed by atoms with E-state index in [1.54, 1.807) is 7.11 Å². The molecule has 1 aliphatic rings. The molecule has 2 atom stereocenters. The highest BCUT2D eigenvalue weighted by atomic mass is 16.5. The van der Waals surface area contributed by atoms with E-state index in [2.05, 4.69) is 5.32 Å². The maximum absolute atomic E-state index is 10.1. The first kappa shape index (κ1) is 7.65. The quantitative estimate of drug-likeness (QED) is 0.525. The summed E-state index contributed by atoms with van der Waals surface area (Å²) in [6.45, 7) is 1.14. The van der Waals surface area contributed by atoms with Gasteiger partial charge in [0.15, 0.2) is 12.5 Å². The molecule has 10 heavy (non-hydrogen) atoms. The van der Waals surface area contributed by atoms with Crippen molar-refractivity contribution in [3.63, 3.8) is 0 Å².